The SMILES string of the molecule is Cc1c(NC(=O)N[C@H](C(=O)O)[C@@H](C)O)cccc1[N+](=O)[O-]. The molecule has 114 valence electrons. The van der Waals surface area contributed by atoms with Gasteiger partial charge in [0.2, 0.25) is 0 Å². The molecule has 0 saturated carbocycles. The van der Waals surface area contributed by atoms with Crippen LogP contribution in [-0.4, -0.2) is 39.3 Å². The van der Waals surface area contributed by atoms with Crippen molar-refractivity contribution in [1.82, 2.24) is 5.32 Å². The smallest absolute Gasteiger partial charge is 0.328 e. The fourth-order valence-corrected chi connectivity index (χ4v) is 1.64. The molecule has 21 heavy (non-hydrogen) atoms. The topological polar surface area (TPSA) is 142 Å². The van der Waals surface area contributed by atoms with Gasteiger partial charge in [0.1, 0.15) is 0 Å². The number of anilines is 1. The summed E-state index contributed by atoms with van der Waals surface area (Å²) in [5, 5.41) is 33.3. The van der Waals surface area contributed by atoms with E-state index in [4.69, 9.17) is 5.11 Å². The summed E-state index contributed by atoms with van der Waals surface area (Å²) >= 11 is 0. The second kappa shape index (κ2) is 6.66. The minimum atomic E-state index is -1.48. The first-order valence-corrected chi connectivity index (χ1v) is 5.96. The van der Waals surface area contributed by atoms with E-state index >= 15 is 0 Å². The van der Waals surface area contributed by atoms with Gasteiger partial charge in [0.25, 0.3) is 5.69 Å². The van der Waals surface area contributed by atoms with Crippen LogP contribution in [0.3, 0.4) is 0 Å². The van der Waals surface area contributed by atoms with Crippen LogP contribution in [0, 0.1) is 17.0 Å². The second-order valence-electron chi connectivity index (χ2n) is 4.36. The van der Waals surface area contributed by atoms with Gasteiger partial charge in [-0.25, -0.2) is 9.59 Å². The van der Waals surface area contributed by atoms with Crippen LogP contribution in [0.15, 0.2) is 18.2 Å². The molecule has 0 saturated heterocycles. The molecule has 1 aromatic rings. The molecule has 1 rings (SSSR count). The minimum Gasteiger partial charge on any atom is -0.480 e. The lowest BCUT2D eigenvalue weighted by Crippen LogP contribution is -2.49. The molecule has 0 aromatic heterocycles. The minimum absolute atomic E-state index is 0.168. The molecule has 0 fully saturated rings. The van der Waals surface area contributed by atoms with Crippen LogP contribution >= 0.6 is 0 Å². The molecule has 0 spiro atoms. The zero-order valence-electron chi connectivity index (χ0n) is 11.4. The molecule has 0 heterocycles. The lowest BCUT2D eigenvalue weighted by molar-refractivity contribution is -0.385. The highest BCUT2D eigenvalue weighted by atomic mass is 16.6. The first kappa shape index (κ1) is 16.4. The maximum absolute atomic E-state index is 11.7. The number of nitrogens with one attached hydrogen (secondary N) is 2. The third-order valence-corrected chi connectivity index (χ3v) is 2.79. The Balaban J connectivity index is 2.87. The zero-order valence-corrected chi connectivity index (χ0v) is 11.4. The molecule has 9 heteroatoms. The number of carboxylic acids is 1. The number of aliphatic hydroxyl groups excluding tert-OH is 1. The molecule has 0 aliphatic heterocycles. The maximum atomic E-state index is 11.7. The van der Waals surface area contributed by atoms with Gasteiger partial charge in [-0.1, -0.05) is 6.07 Å². The van der Waals surface area contributed by atoms with Crippen molar-refractivity contribution >= 4 is 23.4 Å². The van der Waals surface area contributed by atoms with E-state index < -0.39 is 29.1 Å². The summed E-state index contributed by atoms with van der Waals surface area (Å²) < 4.78 is 0. The Kier molecular flexibility index (Phi) is 5.19. The number of benzene rings is 1. The van der Waals surface area contributed by atoms with Gasteiger partial charge in [0, 0.05) is 6.07 Å². The molecular weight excluding hydrogens is 282 g/mol. The first-order chi connectivity index (χ1) is 9.73. The van der Waals surface area contributed by atoms with Crippen LogP contribution in [0.2, 0.25) is 0 Å². The van der Waals surface area contributed by atoms with Gasteiger partial charge in [0.05, 0.1) is 22.3 Å². The van der Waals surface area contributed by atoms with Crippen LogP contribution in [0.5, 0.6) is 0 Å². The van der Waals surface area contributed by atoms with Gasteiger partial charge in [-0.15, -0.1) is 0 Å². The number of carboxylic acid groups (broad SMARTS) is 1. The van der Waals surface area contributed by atoms with Crippen LogP contribution in [0.4, 0.5) is 16.2 Å². The Morgan fingerprint density at radius 1 is 1.38 bits per heavy atom. The van der Waals surface area contributed by atoms with E-state index in [1.807, 2.05) is 0 Å². The van der Waals surface area contributed by atoms with E-state index in [-0.39, 0.29) is 16.9 Å². The second-order valence-corrected chi connectivity index (χ2v) is 4.36. The van der Waals surface area contributed by atoms with Gasteiger partial charge in [-0.3, -0.25) is 10.1 Å². The summed E-state index contributed by atoms with van der Waals surface area (Å²) in [6.45, 7) is 2.68. The normalized spacial score (nSPS) is 13.1. The number of hydrogen-bond acceptors (Lipinski definition) is 5. The van der Waals surface area contributed by atoms with Crippen LogP contribution < -0.4 is 10.6 Å². The van der Waals surface area contributed by atoms with Crippen molar-refractivity contribution in [3.8, 4) is 0 Å². The van der Waals surface area contributed by atoms with Gasteiger partial charge < -0.3 is 20.8 Å². The number of aliphatic hydroxyl groups is 1. The summed E-state index contributed by atoms with van der Waals surface area (Å²) in [4.78, 5) is 32.7. The molecule has 0 aliphatic carbocycles. The van der Waals surface area contributed by atoms with Crippen molar-refractivity contribution in [3.63, 3.8) is 0 Å². The summed E-state index contributed by atoms with van der Waals surface area (Å²) in [7, 11) is 0. The summed E-state index contributed by atoms with van der Waals surface area (Å²) in [6.07, 6.45) is -1.29. The lowest BCUT2D eigenvalue weighted by Gasteiger charge is -2.17. The predicted molar refractivity (Wildman–Crippen MR) is 73.1 cm³/mol. The number of amides is 2. The number of aliphatic carboxylic acids is 1. The Hall–Kier alpha value is -2.68. The Labute approximate surface area is 119 Å². The van der Waals surface area contributed by atoms with E-state index in [1.165, 1.54) is 32.0 Å². The number of nitro groups is 1. The maximum Gasteiger partial charge on any atom is 0.328 e. The average Bonchev–Trinajstić information content (AvgIpc) is 2.37. The van der Waals surface area contributed by atoms with Gasteiger partial charge in [-0.05, 0) is 19.9 Å². The number of nitrogens with zero attached hydrogens (tertiary/aromatic N) is 1. The van der Waals surface area contributed by atoms with Crippen LogP contribution in [0.1, 0.15) is 12.5 Å². The summed E-state index contributed by atoms with van der Waals surface area (Å²) in [6, 6.07) is 1.76. The van der Waals surface area contributed by atoms with Crippen molar-refractivity contribution < 1.29 is 24.7 Å². The fourth-order valence-electron chi connectivity index (χ4n) is 1.64. The van der Waals surface area contributed by atoms with Crippen molar-refractivity contribution in [2.45, 2.75) is 26.0 Å². The molecule has 0 bridgehead atoms. The fraction of sp³-hybridized carbons (Fsp3) is 0.333. The van der Waals surface area contributed by atoms with Crippen molar-refractivity contribution in [2.24, 2.45) is 0 Å². The van der Waals surface area contributed by atoms with Crippen molar-refractivity contribution in [3.05, 3.63) is 33.9 Å². The van der Waals surface area contributed by atoms with Gasteiger partial charge in [-0.2, -0.15) is 0 Å². The predicted octanol–water partition coefficient (Wildman–Crippen LogP) is 0.859. The molecule has 9 nitrogen and oxygen atoms in total. The highest BCUT2D eigenvalue weighted by Crippen LogP contribution is 2.24. The molecule has 0 aliphatic rings. The molecule has 4 N–H and O–H groups in total. The molecule has 1 aromatic carbocycles. The number of carbonyl (C=O) groups excluding carboxylic acids is 1. The first-order valence-electron chi connectivity index (χ1n) is 5.96. The highest BCUT2D eigenvalue weighted by Gasteiger charge is 2.25. The standard InChI is InChI=1S/C12H15N3O6/c1-6-8(4-3-5-9(6)15(20)21)13-12(19)14-10(7(2)16)11(17)18/h3-5,7,10,16H,1-2H3,(H,17,18)(H2,13,14,19)/t7-,10+/m1/s1. The van der Waals surface area contributed by atoms with E-state index in [2.05, 4.69) is 10.6 Å². The Morgan fingerprint density at radius 2 is 2.00 bits per heavy atom. The van der Waals surface area contributed by atoms with Crippen molar-refractivity contribution in [2.75, 3.05) is 5.32 Å². The zero-order chi connectivity index (χ0) is 16.2. The van der Waals surface area contributed by atoms with E-state index in [0.717, 1.165) is 0 Å². The largest absolute Gasteiger partial charge is 0.480 e. The van der Waals surface area contributed by atoms with Crippen LogP contribution in [-0.2, 0) is 4.79 Å². The summed E-state index contributed by atoms with van der Waals surface area (Å²) in [5.41, 5.74) is 0.246. The van der Waals surface area contributed by atoms with E-state index in [0.29, 0.717) is 0 Å². The number of carbonyl (C=O) groups is 2. The molecule has 2 amide bonds. The lowest BCUT2D eigenvalue weighted by atomic mass is 10.1. The quantitative estimate of drug-likeness (QED) is 0.469. The molecule has 2 atom stereocenters. The number of nitro benzene ring substituents is 1. The van der Waals surface area contributed by atoms with Crippen molar-refractivity contribution in [1.29, 1.82) is 0 Å². The third kappa shape index (κ3) is 4.14. The average molecular weight is 297 g/mol. The number of hydrogen-bond donors (Lipinski definition) is 4. The van der Waals surface area contributed by atoms with E-state index in [1.54, 1.807) is 0 Å². The van der Waals surface area contributed by atoms with Gasteiger partial charge in [0.15, 0.2) is 6.04 Å². The third-order valence-electron chi connectivity index (χ3n) is 2.79. The van der Waals surface area contributed by atoms with Gasteiger partial charge >= 0.3 is 12.0 Å². The molecule has 0 radical (unpaired) electrons. The van der Waals surface area contributed by atoms with E-state index in [9.17, 15) is 24.8 Å². The molecule has 0 unspecified atom stereocenters. The number of urea groups is 1. The molecular formula is C12H15N3O6. The van der Waals surface area contributed by atoms with Crippen LogP contribution in [0.25, 0.3) is 0 Å². The monoisotopic (exact) mass is 297 g/mol. The Bertz CT molecular complexity index is 572. The number of rotatable bonds is 5. The Morgan fingerprint density at radius 3 is 2.48 bits per heavy atom. The summed E-state index contributed by atoms with van der Waals surface area (Å²) in [5.74, 6) is -1.39. The highest BCUT2D eigenvalue weighted by molar-refractivity contribution is 5.93.